The van der Waals surface area contributed by atoms with Crippen molar-refractivity contribution in [3.05, 3.63) is 51.7 Å². The summed E-state index contributed by atoms with van der Waals surface area (Å²) >= 11 is 1.40. The highest BCUT2D eigenvalue weighted by atomic mass is 127. The third-order valence-corrected chi connectivity index (χ3v) is 4.73. The van der Waals surface area contributed by atoms with Gasteiger partial charge in [0.05, 0.1) is 11.4 Å². The van der Waals surface area contributed by atoms with Gasteiger partial charge in [0.2, 0.25) is 0 Å². The molecule has 30 heavy (non-hydrogen) atoms. The zero-order valence-electron chi connectivity index (χ0n) is 16.9. The fourth-order valence-corrected chi connectivity index (χ4v) is 3.18. The van der Waals surface area contributed by atoms with Gasteiger partial charge in [0.25, 0.3) is 5.91 Å². The average Bonchev–Trinajstić information content (AvgIpc) is 3.22. The number of carbonyl (C=O) groups is 1. The Bertz CT molecular complexity index is 804. The van der Waals surface area contributed by atoms with Gasteiger partial charge in [0.15, 0.2) is 5.96 Å². The fraction of sp³-hybridized carbons (Fsp3) is 0.400. The summed E-state index contributed by atoms with van der Waals surface area (Å²) in [5, 5.41) is 11.0. The second-order valence-electron chi connectivity index (χ2n) is 6.20. The van der Waals surface area contributed by atoms with Gasteiger partial charge >= 0.3 is 6.61 Å². The van der Waals surface area contributed by atoms with Crippen molar-refractivity contribution in [2.24, 2.45) is 4.99 Å². The topological polar surface area (TPSA) is 74.8 Å². The second kappa shape index (κ2) is 14.1. The van der Waals surface area contributed by atoms with Gasteiger partial charge in [0.1, 0.15) is 5.75 Å². The van der Waals surface area contributed by atoms with E-state index in [0.717, 1.165) is 5.56 Å². The molecule has 0 fully saturated rings. The van der Waals surface area contributed by atoms with Crippen LogP contribution >= 0.6 is 35.3 Å². The summed E-state index contributed by atoms with van der Waals surface area (Å²) in [5.74, 6) is 0.620. The van der Waals surface area contributed by atoms with Crippen LogP contribution in [0.15, 0.2) is 40.7 Å². The largest absolute Gasteiger partial charge is 0.434 e. The highest BCUT2D eigenvalue weighted by Gasteiger charge is 2.10. The number of carbonyl (C=O) groups excluding carboxylic acids is 1. The van der Waals surface area contributed by atoms with Crippen molar-refractivity contribution in [1.29, 1.82) is 0 Å². The van der Waals surface area contributed by atoms with Crippen LogP contribution in [0, 0.1) is 6.92 Å². The minimum atomic E-state index is -2.88. The Morgan fingerprint density at radius 2 is 1.97 bits per heavy atom. The maximum Gasteiger partial charge on any atom is 0.387 e. The molecule has 10 heteroatoms. The number of halogens is 3. The number of guanidine groups is 1. The van der Waals surface area contributed by atoms with Crippen LogP contribution < -0.4 is 20.7 Å². The highest BCUT2D eigenvalue weighted by Crippen LogP contribution is 2.22. The Balaban J connectivity index is 0.00000450. The fourth-order valence-electron chi connectivity index (χ4n) is 2.54. The number of nitrogens with one attached hydrogen (secondary N) is 3. The molecule has 1 heterocycles. The van der Waals surface area contributed by atoms with E-state index in [-0.39, 0.29) is 42.2 Å². The summed E-state index contributed by atoms with van der Waals surface area (Å²) in [6.07, 6.45) is 0.714. The van der Waals surface area contributed by atoms with Crippen molar-refractivity contribution < 1.29 is 18.3 Å². The second-order valence-corrected chi connectivity index (χ2v) is 7.15. The van der Waals surface area contributed by atoms with Crippen molar-refractivity contribution in [3.63, 3.8) is 0 Å². The van der Waals surface area contributed by atoms with Gasteiger partial charge in [-0.25, -0.2) is 4.99 Å². The Labute approximate surface area is 196 Å². The number of ether oxygens (including phenoxy) is 1. The monoisotopic (exact) mass is 552 g/mol. The summed E-state index contributed by atoms with van der Waals surface area (Å²) in [6.45, 7) is 2.95. The van der Waals surface area contributed by atoms with E-state index in [0.29, 0.717) is 42.5 Å². The van der Waals surface area contributed by atoms with Gasteiger partial charge in [0, 0.05) is 25.2 Å². The molecule has 0 bridgehead atoms. The molecule has 0 saturated carbocycles. The Morgan fingerprint density at radius 3 is 2.63 bits per heavy atom. The predicted molar refractivity (Wildman–Crippen MR) is 127 cm³/mol. The number of alkyl halides is 2. The first-order chi connectivity index (χ1) is 14.0. The van der Waals surface area contributed by atoms with Crippen LogP contribution in [0.1, 0.15) is 34.1 Å². The standard InChI is InChI=1S/C20H26F2N4O2S.HI/c1-3-23-20(25-10-5-9-24-18(27)17-6-4-11-29-17)26-13-15-12-14(2)7-8-16(15)28-19(21)22;/h4,6-8,11-12,19H,3,5,9-10,13H2,1-2H3,(H,24,27)(H2,23,25,26);1H. The molecular formula is C20H27F2IN4O2S. The van der Waals surface area contributed by atoms with Crippen LogP contribution in [0.4, 0.5) is 8.78 Å². The predicted octanol–water partition coefficient (Wildman–Crippen LogP) is 4.15. The van der Waals surface area contributed by atoms with E-state index in [1.165, 1.54) is 17.4 Å². The number of thiophene rings is 1. The van der Waals surface area contributed by atoms with Crippen molar-refractivity contribution in [3.8, 4) is 5.75 Å². The molecule has 0 aliphatic carbocycles. The molecule has 2 rings (SSSR count). The first-order valence-corrected chi connectivity index (χ1v) is 10.3. The van der Waals surface area contributed by atoms with Gasteiger partial charge in [-0.05, 0) is 37.8 Å². The van der Waals surface area contributed by atoms with E-state index in [2.05, 4.69) is 25.7 Å². The number of hydrogen-bond acceptors (Lipinski definition) is 4. The first kappa shape index (κ1) is 26.1. The summed E-state index contributed by atoms with van der Waals surface area (Å²) in [7, 11) is 0. The summed E-state index contributed by atoms with van der Waals surface area (Å²) in [6, 6.07) is 8.66. The summed E-state index contributed by atoms with van der Waals surface area (Å²) in [5.41, 5.74) is 1.53. The number of rotatable bonds is 10. The van der Waals surface area contributed by atoms with E-state index in [1.54, 1.807) is 18.2 Å². The van der Waals surface area contributed by atoms with E-state index < -0.39 is 6.61 Å². The summed E-state index contributed by atoms with van der Waals surface area (Å²) < 4.78 is 29.8. The molecule has 6 nitrogen and oxygen atoms in total. The van der Waals surface area contributed by atoms with Gasteiger partial charge in [-0.2, -0.15) is 8.78 Å². The van der Waals surface area contributed by atoms with Crippen molar-refractivity contribution in [2.45, 2.75) is 33.4 Å². The van der Waals surface area contributed by atoms with Crippen molar-refractivity contribution in [1.82, 2.24) is 16.0 Å². The van der Waals surface area contributed by atoms with Crippen molar-refractivity contribution in [2.75, 3.05) is 19.6 Å². The lowest BCUT2D eigenvalue weighted by molar-refractivity contribution is -0.0504. The molecule has 2 aromatic rings. The number of amides is 1. The maximum atomic E-state index is 12.6. The molecule has 0 radical (unpaired) electrons. The Hall–Kier alpha value is -1.95. The molecule has 0 aliphatic heterocycles. The molecule has 0 saturated heterocycles. The number of hydrogen-bond donors (Lipinski definition) is 3. The number of nitrogens with zero attached hydrogens (tertiary/aromatic N) is 1. The molecule has 166 valence electrons. The lowest BCUT2D eigenvalue weighted by Crippen LogP contribution is -2.38. The van der Waals surface area contributed by atoms with E-state index in [4.69, 9.17) is 0 Å². The molecule has 0 aliphatic rings. The van der Waals surface area contributed by atoms with Crippen LogP contribution in [-0.4, -0.2) is 38.1 Å². The van der Waals surface area contributed by atoms with Crippen LogP contribution in [0.2, 0.25) is 0 Å². The summed E-state index contributed by atoms with van der Waals surface area (Å²) in [4.78, 5) is 17.0. The molecule has 1 aromatic heterocycles. The zero-order chi connectivity index (χ0) is 21.1. The smallest absolute Gasteiger partial charge is 0.387 e. The van der Waals surface area contributed by atoms with Gasteiger partial charge in [-0.3, -0.25) is 4.79 Å². The van der Waals surface area contributed by atoms with Gasteiger partial charge in [-0.1, -0.05) is 23.8 Å². The van der Waals surface area contributed by atoms with E-state index in [9.17, 15) is 13.6 Å². The molecule has 1 aromatic carbocycles. The molecule has 1 amide bonds. The zero-order valence-corrected chi connectivity index (χ0v) is 20.1. The lowest BCUT2D eigenvalue weighted by atomic mass is 10.1. The van der Waals surface area contributed by atoms with Crippen LogP contribution in [0.3, 0.4) is 0 Å². The third-order valence-electron chi connectivity index (χ3n) is 3.86. The van der Waals surface area contributed by atoms with E-state index >= 15 is 0 Å². The number of aryl methyl sites for hydroxylation is 1. The molecule has 3 N–H and O–H groups in total. The number of benzene rings is 1. The van der Waals surface area contributed by atoms with Crippen LogP contribution in [0.25, 0.3) is 0 Å². The highest BCUT2D eigenvalue weighted by molar-refractivity contribution is 14.0. The first-order valence-electron chi connectivity index (χ1n) is 9.37. The van der Waals surface area contributed by atoms with Crippen molar-refractivity contribution >= 4 is 47.2 Å². The quantitative estimate of drug-likeness (QED) is 0.179. The number of aliphatic imine (C=N–C) groups is 1. The molecule has 0 atom stereocenters. The lowest BCUT2D eigenvalue weighted by Gasteiger charge is -2.13. The SMILES string of the molecule is CCNC(=NCc1cc(C)ccc1OC(F)F)NCCCNC(=O)c1cccs1.I. The van der Waals surface area contributed by atoms with Gasteiger partial charge in [-0.15, -0.1) is 35.3 Å². The minimum absolute atomic E-state index is 0. The van der Waals surface area contributed by atoms with Gasteiger partial charge < -0.3 is 20.7 Å². The minimum Gasteiger partial charge on any atom is -0.434 e. The molecular weight excluding hydrogens is 525 g/mol. The van der Waals surface area contributed by atoms with Crippen LogP contribution in [0.5, 0.6) is 5.75 Å². The Kier molecular flexibility index (Phi) is 12.3. The average molecular weight is 552 g/mol. The van der Waals surface area contributed by atoms with E-state index in [1.807, 2.05) is 25.3 Å². The third kappa shape index (κ3) is 9.24. The normalized spacial score (nSPS) is 11.0. The Morgan fingerprint density at radius 1 is 1.20 bits per heavy atom. The maximum absolute atomic E-state index is 12.6. The van der Waals surface area contributed by atoms with Crippen LogP contribution in [-0.2, 0) is 6.54 Å². The molecule has 0 unspecified atom stereocenters. The molecule has 0 spiro atoms.